The van der Waals surface area contributed by atoms with Crippen LogP contribution >= 0.6 is 0 Å². The average Bonchev–Trinajstić information content (AvgIpc) is 2.65. The van der Waals surface area contributed by atoms with E-state index in [1.165, 1.54) is 13.0 Å². The number of amides is 2. The van der Waals surface area contributed by atoms with Gasteiger partial charge in [-0.15, -0.1) is 0 Å². The van der Waals surface area contributed by atoms with E-state index in [4.69, 9.17) is 4.74 Å². The Bertz CT molecular complexity index is 794. The molecule has 0 heterocycles. The quantitative estimate of drug-likeness (QED) is 0.768. The van der Waals surface area contributed by atoms with E-state index < -0.39 is 11.6 Å². The fourth-order valence-corrected chi connectivity index (χ4v) is 2.52. The summed E-state index contributed by atoms with van der Waals surface area (Å²) in [6.07, 6.45) is 0.704. The second-order valence-corrected chi connectivity index (χ2v) is 6.03. The van der Waals surface area contributed by atoms with Crippen LogP contribution in [0.25, 0.3) is 0 Å². The van der Waals surface area contributed by atoms with Gasteiger partial charge in [-0.1, -0.05) is 12.1 Å². The number of halogens is 2. The molecule has 0 saturated carbocycles. The molecule has 144 valence electrons. The van der Waals surface area contributed by atoms with Crippen LogP contribution in [0.1, 0.15) is 18.9 Å². The minimum atomic E-state index is -1.03. The van der Waals surface area contributed by atoms with Crippen molar-refractivity contribution >= 4 is 17.5 Å². The monoisotopic (exact) mass is 376 g/mol. The van der Waals surface area contributed by atoms with Gasteiger partial charge in [0.25, 0.3) is 0 Å². The van der Waals surface area contributed by atoms with Crippen LogP contribution in [0.5, 0.6) is 5.75 Å². The Morgan fingerprint density at radius 2 is 1.74 bits per heavy atom. The molecule has 0 unspecified atom stereocenters. The lowest BCUT2D eigenvalue weighted by molar-refractivity contribution is -0.129. The van der Waals surface area contributed by atoms with Crippen LogP contribution in [0.15, 0.2) is 42.5 Å². The van der Waals surface area contributed by atoms with E-state index in [0.717, 1.165) is 23.4 Å². The van der Waals surface area contributed by atoms with Gasteiger partial charge in [-0.3, -0.25) is 9.59 Å². The van der Waals surface area contributed by atoms with Crippen LogP contribution < -0.4 is 10.1 Å². The first kappa shape index (κ1) is 20.4. The van der Waals surface area contributed by atoms with Gasteiger partial charge in [-0.2, -0.15) is 0 Å². The molecule has 2 amide bonds. The molecule has 0 radical (unpaired) electrons. The zero-order chi connectivity index (χ0) is 19.8. The van der Waals surface area contributed by atoms with Gasteiger partial charge in [0, 0.05) is 38.2 Å². The zero-order valence-corrected chi connectivity index (χ0v) is 15.3. The third-order valence-corrected chi connectivity index (χ3v) is 4.09. The largest absolute Gasteiger partial charge is 0.497 e. The number of hydrogen-bond donors (Lipinski definition) is 1. The van der Waals surface area contributed by atoms with E-state index in [9.17, 15) is 18.4 Å². The van der Waals surface area contributed by atoms with Gasteiger partial charge < -0.3 is 15.0 Å². The maximum absolute atomic E-state index is 13.2. The summed E-state index contributed by atoms with van der Waals surface area (Å²) in [6.45, 7) is 2.16. The molecule has 5 nitrogen and oxygen atoms in total. The molecule has 0 spiro atoms. The number of methoxy groups -OCH3 is 1. The summed E-state index contributed by atoms with van der Waals surface area (Å²) in [7, 11) is 1.60. The van der Waals surface area contributed by atoms with Crippen LogP contribution in [0, 0.1) is 11.6 Å². The second kappa shape index (κ2) is 9.66. The Balaban J connectivity index is 1.84. The first-order valence-corrected chi connectivity index (χ1v) is 8.52. The molecular formula is C20H22F2N2O3. The topological polar surface area (TPSA) is 58.6 Å². The highest BCUT2D eigenvalue weighted by Crippen LogP contribution is 2.14. The van der Waals surface area contributed by atoms with Crippen molar-refractivity contribution in [3.8, 4) is 5.75 Å². The molecular weight excluding hydrogens is 354 g/mol. The molecule has 2 rings (SSSR count). The standard InChI is InChI=1S/C20H22F2N2O3/c1-14(25)24(11-9-15-3-6-17(27-2)7-4-15)12-10-20(26)23-16-5-8-18(21)19(22)13-16/h3-8,13H,9-12H2,1-2H3,(H,23,26). The highest BCUT2D eigenvalue weighted by molar-refractivity contribution is 5.91. The third kappa shape index (κ3) is 6.36. The second-order valence-electron chi connectivity index (χ2n) is 6.03. The molecule has 0 aliphatic heterocycles. The van der Waals surface area contributed by atoms with Crippen molar-refractivity contribution in [1.82, 2.24) is 4.90 Å². The maximum atomic E-state index is 13.2. The lowest BCUT2D eigenvalue weighted by Crippen LogP contribution is -2.33. The number of rotatable bonds is 8. The summed E-state index contributed by atoms with van der Waals surface area (Å²) in [5.74, 6) is -1.76. The number of hydrogen-bond acceptors (Lipinski definition) is 3. The SMILES string of the molecule is COc1ccc(CCN(CCC(=O)Nc2ccc(F)c(F)c2)C(C)=O)cc1. The van der Waals surface area contributed by atoms with E-state index in [2.05, 4.69) is 5.32 Å². The molecule has 0 saturated heterocycles. The van der Waals surface area contributed by atoms with Gasteiger partial charge in [-0.05, 0) is 36.2 Å². The summed E-state index contributed by atoms with van der Waals surface area (Å²) in [4.78, 5) is 25.4. The molecule has 1 N–H and O–H groups in total. The van der Waals surface area contributed by atoms with Crippen molar-refractivity contribution < 1.29 is 23.1 Å². The molecule has 0 fully saturated rings. The number of ether oxygens (including phenoxy) is 1. The van der Waals surface area contributed by atoms with Gasteiger partial charge in [0.1, 0.15) is 5.75 Å². The van der Waals surface area contributed by atoms with E-state index in [-0.39, 0.29) is 30.5 Å². The van der Waals surface area contributed by atoms with Gasteiger partial charge in [0.2, 0.25) is 11.8 Å². The molecule has 27 heavy (non-hydrogen) atoms. The Hall–Kier alpha value is -2.96. The summed E-state index contributed by atoms with van der Waals surface area (Å²) in [5, 5.41) is 2.49. The molecule has 0 aliphatic carbocycles. The summed E-state index contributed by atoms with van der Waals surface area (Å²) >= 11 is 0. The first-order valence-electron chi connectivity index (χ1n) is 8.52. The average molecular weight is 376 g/mol. The molecule has 2 aromatic carbocycles. The highest BCUT2D eigenvalue weighted by Gasteiger charge is 2.12. The Kier molecular flexibility index (Phi) is 7.28. The first-order chi connectivity index (χ1) is 12.9. The zero-order valence-electron chi connectivity index (χ0n) is 15.3. The lowest BCUT2D eigenvalue weighted by Gasteiger charge is -2.21. The number of benzene rings is 2. The normalized spacial score (nSPS) is 10.4. The highest BCUT2D eigenvalue weighted by atomic mass is 19.2. The van der Waals surface area contributed by atoms with E-state index in [0.29, 0.717) is 13.0 Å². The van der Waals surface area contributed by atoms with Crippen LogP contribution in [-0.2, 0) is 16.0 Å². The molecule has 7 heteroatoms. The van der Waals surface area contributed by atoms with Gasteiger partial charge >= 0.3 is 0 Å². The minimum Gasteiger partial charge on any atom is -0.497 e. The Morgan fingerprint density at radius 3 is 2.33 bits per heavy atom. The van der Waals surface area contributed by atoms with Gasteiger partial charge in [0.05, 0.1) is 7.11 Å². The summed E-state index contributed by atoms with van der Waals surface area (Å²) in [5.41, 5.74) is 1.22. The van der Waals surface area contributed by atoms with Crippen molar-refractivity contribution in [3.63, 3.8) is 0 Å². The van der Waals surface area contributed by atoms with E-state index >= 15 is 0 Å². The van der Waals surface area contributed by atoms with Crippen molar-refractivity contribution in [3.05, 3.63) is 59.7 Å². The maximum Gasteiger partial charge on any atom is 0.226 e. The lowest BCUT2D eigenvalue weighted by atomic mass is 10.1. The third-order valence-electron chi connectivity index (χ3n) is 4.09. The molecule has 2 aromatic rings. The molecule has 0 aromatic heterocycles. The number of nitrogens with zero attached hydrogens (tertiary/aromatic N) is 1. The fraction of sp³-hybridized carbons (Fsp3) is 0.300. The fourth-order valence-electron chi connectivity index (χ4n) is 2.52. The van der Waals surface area contributed by atoms with Crippen molar-refractivity contribution in [1.29, 1.82) is 0 Å². The van der Waals surface area contributed by atoms with Crippen molar-refractivity contribution in [2.75, 3.05) is 25.5 Å². The predicted molar refractivity (Wildman–Crippen MR) is 98.6 cm³/mol. The number of carbonyl (C=O) groups excluding carboxylic acids is 2. The molecule has 0 aliphatic rings. The minimum absolute atomic E-state index is 0.0567. The summed E-state index contributed by atoms with van der Waals surface area (Å²) in [6, 6.07) is 10.7. The van der Waals surface area contributed by atoms with Gasteiger partial charge in [-0.25, -0.2) is 8.78 Å². The van der Waals surface area contributed by atoms with E-state index in [1.807, 2.05) is 24.3 Å². The number of anilines is 1. The number of carbonyl (C=O) groups is 2. The van der Waals surface area contributed by atoms with Gasteiger partial charge in [0.15, 0.2) is 11.6 Å². The molecule has 0 atom stereocenters. The van der Waals surface area contributed by atoms with E-state index in [1.54, 1.807) is 12.0 Å². The molecule has 0 bridgehead atoms. The van der Waals surface area contributed by atoms with Crippen LogP contribution in [0.4, 0.5) is 14.5 Å². The smallest absolute Gasteiger partial charge is 0.226 e. The Morgan fingerprint density at radius 1 is 1.04 bits per heavy atom. The van der Waals surface area contributed by atoms with Crippen molar-refractivity contribution in [2.45, 2.75) is 19.8 Å². The van der Waals surface area contributed by atoms with Crippen LogP contribution in [0.3, 0.4) is 0 Å². The summed E-state index contributed by atoms with van der Waals surface area (Å²) < 4.78 is 31.2. The predicted octanol–water partition coefficient (Wildman–Crippen LogP) is 3.39. The van der Waals surface area contributed by atoms with Crippen molar-refractivity contribution in [2.24, 2.45) is 0 Å². The van der Waals surface area contributed by atoms with Crippen LogP contribution in [0.2, 0.25) is 0 Å². The van der Waals surface area contributed by atoms with Crippen LogP contribution in [-0.4, -0.2) is 36.9 Å². The Labute approximate surface area is 156 Å². The number of nitrogens with one attached hydrogen (secondary N) is 1.